The van der Waals surface area contributed by atoms with E-state index in [1.54, 1.807) is 24.3 Å². The van der Waals surface area contributed by atoms with Crippen molar-refractivity contribution in [2.24, 2.45) is 5.73 Å². The van der Waals surface area contributed by atoms with Crippen LogP contribution in [0.3, 0.4) is 0 Å². The first kappa shape index (κ1) is 18.0. The summed E-state index contributed by atoms with van der Waals surface area (Å²) >= 11 is 0. The summed E-state index contributed by atoms with van der Waals surface area (Å²) in [5.74, 6) is 0.606. The zero-order valence-corrected chi connectivity index (χ0v) is 14.5. The first-order valence-corrected chi connectivity index (χ1v) is 8.37. The van der Waals surface area contributed by atoms with E-state index in [1.807, 2.05) is 54.6 Å². The Bertz CT molecular complexity index is 925. The molecular weight excluding hydrogens is 342 g/mol. The highest BCUT2D eigenvalue weighted by Gasteiger charge is 2.08. The number of ether oxygens (including phenoxy) is 1. The van der Waals surface area contributed by atoms with Gasteiger partial charge in [0.05, 0.1) is 12.2 Å². The van der Waals surface area contributed by atoms with Crippen molar-refractivity contribution in [1.82, 2.24) is 0 Å². The van der Waals surface area contributed by atoms with Gasteiger partial charge in [-0.2, -0.15) is 0 Å². The molecule has 2 amide bonds. The second kappa shape index (κ2) is 8.53. The van der Waals surface area contributed by atoms with Crippen LogP contribution < -0.4 is 21.1 Å². The molecule has 0 heterocycles. The number of carbonyl (C=O) groups is 2. The second-order valence-corrected chi connectivity index (χ2v) is 5.75. The Morgan fingerprint density at radius 2 is 1.52 bits per heavy atom. The third-order valence-electron chi connectivity index (χ3n) is 3.75. The predicted octanol–water partition coefficient (Wildman–Crippen LogP) is 3.63. The third kappa shape index (κ3) is 5.09. The van der Waals surface area contributed by atoms with Crippen LogP contribution in [0.2, 0.25) is 0 Å². The Morgan fingerprint density at radius 1 is 0.852 bits per heavy atom. The van der Waals surface area contributed by atoms with Crippen molar-refractivity contribution in [2.45, 2.75) is 0 Å². The average molecular weight is 361 g/mol. The molecule has 6 heteroatoms. The first-order chi connectivity index (χ1) is 13.1. The molecule has 0 saturated heterocycles. The topological polar surface area (TPSA) is 93.5 Å². The number of amides is 2. The van der Waals surface area contributed by atoms with E-state index < -0.39 is 5.91 Å². The Balaban J connectivity index is 1.59. The standard InChI is InChI=1S/C21H19N3O3/c22-21(26)15-10-12-16(13-11-15)24-20(25)14-23-18-8-4-5-9-19(18)27-17-6-2-1-3-7-17/h1-13,23H,14H2,(H2,22,26)(H,24,25). The number of hydrogen-bond donors (Lipinski definition) is 3. The molecule has 0 radical (unpaired) electrons. The molecule has 0 aromatic heterocycles. The van der Waals surface area contributed by atoms with E-state index in [9.17, 15) is 9.59 Å². The molecule has 6 nitrogen and oxygen atoms in total. The summed E-state index contributed by atoms with van der Waals surface area (Å²) in [5, 5.41) is 5.83. The quantitative estimate of drug-likeness (QED) is 0.599. The molecule has 3 aromatic carbocycles. The molecule has 0 aliphatic carbocycles. The number of hydrogen-bond acceptors (Lipinski definition) is 4. The molecule has 0 saturated carbocycles. The zero-order valence-electron chi connectivity index (χ0n) is 14.5. The number of benzene rings is 3. The molecule has 3 rings (SSSR count). The zero-order chi connectivity index (χ0) is 19.1. The minimum atomic E-state index is -0.510. The van der Waals surface area contributed by atoms with Gasteiger partial charge in [-0.3, -0.25) is 9.59 Å². The first-order valence-electron chi connectivity index (χ1n) is 8.37. The lowest BCUT2D eigenvalue weighted by molar-refractivity contribution is -0.114. The van der Waals surface area contributed by atoms with Crippen LogP contribution in [0.25, 0.3) is 0 Å². The summed E-state index contributed by atoms with van der Waals surface area (Å²) < 4.78 is 5.86. The maximum atomic E-state index is 12.2. The van der Waals surface area contributed by atoms with E-state index in [0.717, 1.165) is 0 Å². The highest BCUT2D eigenvalue weighted by atomic mass is 16.5. The lowest BCUT2D eigenvalue weighted by atomic mass is 10.2. The summed E-state index contributed by atoms with van der Waals surface area (Å²) in [5.41, 5.74) is 6.88. The van der Waals surface area contributed by atoms with Gasteiger partial charge in [0, 0.05) is 11.3 Å². The number of carbonyl (C=O) groups excluding carboxylic acids is 2. The molecule has 136 valence electrons. The number of nitrogens with one attached hydrogen (secondary N) is 2. The fourth-order valence-corrected chi connectivity index (χ4v) is 2.42. The van der Waals surface area contributed by atoms with Crippen molar-refractivity contribution in [1.29, 1.82) is 0 Å². The molecule has 0 bridgehead atoms. The molecule has 27 heavy (non-hydrogen) atoms. The Kier molecular flexibility index (Phi) is 5.69. The van der Waals surface area contributed by atoms with Crippen LogP contribution >= 0.6 is 0 Å². The van der Waals surface area contributed by atoms with Crippen LogP contribution in [0, 0.1) is 0 Å². The van der Waals surface area contributed by atoms with Crippen molar-refractivity contribution in [3.63, 3.8) is 0 Å². The summed E-state index contributed by atoms with van der Waals surface area (Å²) in [7, 11) is 0. The highest BCUT2D eigenvalue weighted by Crippen LogP contribution is 2.28. The van der Waals surface area contributed by atoms with Crippen molar-refractivity contribution in [3.8, 4) is 11.5 Å². The van der Waals surface area contributed by atoms with Gasteiger partial charge in [0.25, 0.3) is 0 Å². The van der Waals surface area contributed by atoms with Gasteiger partial charge in [-0.15, -0.1) is 0 Å². The molecule has 0 aliphatic rings. The van der Waals surface area contributed by atoms with E-state index in [4.69, 9.17) is 10.5 Å². The smallest absolute Gasteiger partial charge is 0.248 e. The van der Waals surface area contributed by atoms with Crippen molar-refractivity contribution in [3.05, 3.63) is 84.4 Å². The van der Waals surface area contributed by atoms with Crippen molar-refractivity contribution < 1.29 is 14.3 Å². The molecule has 3 aromatic rings. The van der Waals surface area contributed by atoms with Crippen LogP contribution in [-0.2, 0) is 4.79 Å². The Hall–Kier alpha value is -3.80. The van der Waals surface area contributed by atoms with Crippen LogP contribution in [0.15, 0.2) is 78.9 Å². The molecular formula is C21H19N3O3. The summed E-state index contributed by atoms with van der Waals surface area (Å²) in [6.07, 6.45) is 0. The van der Waals surface area contributed by atoms with Gasteiger partial charge in [0.1, 0.15) is 5.75 Å². The van der Waals surface area contributed by atoms with Gasteiger partial charge < -0.3 is 21.1 Å². The molecule has 0 fully saturated rings. The molecule has 0 spiro atoms. The van der Waals surface area contributed by atoms with Gasteiger partial charge >= 0.3 is 0 Å². The minimum absolute atomic E-state index is 0.0622. The van der Waals surface area contributed by atoms with Gasteiger partial charge in [-0.05, 0) is 48.5 Å². The lowest BCUT2D eigenvalue weighted by Crippen LogP contribution is -2.22. The predicted molar refractivity (Wildman–Crippen MR) is 105 cm³/mol. The van der Waals surface area contributed by atoms with Crippen LogP contribution in [0.4, 0.5) is 11.4 Å². The SMILES string of the molecule is NC(=O)c1ccc(NC(=O)CNc2ccccc2Oc2ccccc2)cc1. The largest absolute Gasteiger partial charge is 0.455 e. The Morgan fingerprint density at radius 3 is 2.22 bits per heavy atom. The van der Waals surface area contributed by atoms with Gasteiger partial charge in [-0.1, -0.05) is 30.3 Å². The van der Waals surface area contributed by atoms with Crippen LogP contribution in [0.5, 0.6) is 11.5 Å². The maximum absolute atomic E-state index is 12.2. The molecule has 0 aliphatic heterocycles. The minimum Gasteiger partial charge on any atom is -0.455 e. The average Bonchev–Trinajstić information content (AvgIpc) is 2.68. The summed E-state index contributed by atoms with van der Waals surface area (Å²) in [4.78, 5) is 23.2. The van der Waals surface area contributed by atoms with Gasteiger partial charge in [0.15, 0.2) is 5.75 Å². The number of primary amides is 1. The number of para-hydroxylation sites is 3. The van der Waals surface area contributed by atoms with E-state index in [0.29, 0.717) is 28.4 Å². The van der Waals surface area contributed by atoms with E-state index >= 15 is 0 Å². The van der Waals surface area contributed by atoms with E-state index in [-0.39, 0.29) is 12.5 Å². The lowest BCUT2D eigenvalue weighted by Gasteiger charge is -2.13. The fraction of sp³-hybridized carbons (Fsp3) is 0.0476. The van der Waals surface area contributed by atoms with Crippen LogP contribution in [-0.4, -0.2) is 18.4 Å². The summed E-state index contributed by atoms with van der Waals surface area (Å²) in [6, 6.07) is 23.2. The van der Waals surface area contributed by atoms with Gasteiger partial charge in [0.2, 0.25) is 11.8 Å². The van der Waals surface area contributed by atoms with Gasteiger partial charge in [-0.25, -0.2) is 0 Å². The number of nitrogens with two attached hydrogens (primary N) is 1. The normalized spacial score (nSPS) is 10.1. The maximum Gasteiger partial charge on any atom is 0.248 e. The molecule has 0 unspecified atom stereocenters. The third-order valence-corrected chi connectivity index (χ3v) is 3.75. The van der Waals surface area contributed by atoms with E-state index in [1.165, 1.54) is 0 Å². The summed E-state index contributed by atoms with van der Waals surface area (Å²) in [6.45, 7) is 0.0622. The van der Waals surface area contributed by atoms with Crippen LogP contribution in [0.1, 0.15) is 10.4 Å². The second-order valence-electron chi connectivity index (χ2n) is 5.75. The van der Waals surface area contributed by atoms with Crippen molar-refractivity contribution >= 4 is 23.2 Å². The van der Waals surface area contributed by atoms with Crippen molar-refractivity contribution in [2.75, 3.05) is 17.2 Å². The number of anilines is 2. The fourth-order valence-electron chi connectivity index (χ4n) is 2.42. The number of rotatable bonds is 7. The highest BCUT2D eigenvalue weighted by molar-refractivity contribution is 5.96. The monoisotopic (exact) mass is 361 g/mol. The molecule has 4 N–H and O–H groups in total. The van der Waals surface area contributed by atoms with E-state index in [2.05, 4.69) is 10.6 Å². The molecule has 0 atom stereocenters. The Labute approximate surface area is 157 Å².